The Kier molecular flexibility index (Phi) is 6.79. The molecule has 1 unspecified atom stereocenters. The summed E-state index contributed by atoms with van der Waals surface area (Å²) in [7, 11) is 1.99. The lowest BCUT2D eigenvalue weighted by atomic mass is 9.93. The van der Waals surface area contributed by atoms with Crippen LogP contribution in [0, 0.1) is 12.8 Å². The quantitative estimate of drug-likeness (QED) is 0.790. The number of aromatic nitrogens is 3. The van der Waals surface area contributed by atoms with Gasteiger partial charge in [0.15, 0.2) is 0 Å². The maximum Gasteiger partial charge on any atom is 0.224 e. The lowest BCUT2D eigenvalue weighted by Gasteiger charge is -2.42. The Hall–Kier alpha value is -2.25. The van der Waals surface area contributed by atoms with E-state index in [-0.39, 0.29) is 11.8 Å². The van der Waals surface area contributed by atoms with E-state index >= 15 is 0 Å². The zero-order valence-corrected chi connectivity index (χ0v) is 18.3. The van der Waals surface area contributed by atoms with E-state index in [1.165, 1.54) is 18.4 Å². The molecule has 7 nitrogen and oxygen atoms in total. The van der Waals surface area contributed by atoms with Crippen LogP contribution < -0.4 is 5.32 Å². The first-order chi connectivity index (χ1) is 14.6. The van der Waals surface area contributed by atoms with E-state index in [0.717, 1.165) is 56.8 Å². The minimum atomic E-state index is 0.103. The van der Waals surface area contributed by atoms with Gasteiger partial charge in [-0.2, -0.15) is 5.10 Å². The van der Waals surface area contributed by atoms with Gasteiger partial charge in [-0.1, -0.05) is 6.07 Å². The summed E-state index contributed by atoms with van der Waals surface area (Å²) in [6.07, 6.45) is 10.2. The lowest BCUT2D eigenvalue weighted by molar-refractivity contribution is -0.127. The van der Waals surface area contributed by atoms with Crippen molar-refractivity contribution < 1.29 is 4.79 Å². The molecule has 0 bridgehead atoms. The van der Waals surface area contributed by atoms with Gasteiger partial charge in [-0.15, -0.1) is 0 Å². The second-order valence-electron chi connectivity index (χ2n) is 8.83. The molecule has 1 atom stereocenters. The number of rotatable bonds is 6. The van der Waals surface area contributed by atoms with Crippen molar-refractivity contribution in [2.75, 3.05) is 26.2 Å². The molecule has 1 N–H and O–H groups in total. The third-order valence-corrected chi connectivity index (χ3v) is 6.60. The van der Waals surface area contributed by atoms with Crippen LogP contribution in [0.3, 0.4) is 0 Å². The number of piperidine rings is 2. The SMILES string of the molecule is Cc1nn(C)cc1CN1CCC(N2CCCC(C(=O)NCc3cccnc3)C2)CC1. The third-order valence-electron chi connectivity index (χ3n) is 6.60. The Labute approximate surface area is 179 Å². The highest BCUT2D eigenvalue weighted by molar-refractivity contribution is 5.78. The number of nitrogens with zero attached hydrogens (tertiary/aromatic N) is 5. The van der Waals surface area contributed by atoms with Gasteiger partial charge in [0.05, 0.1) is 11.6 Å². The molecule has 7 heteroatoms. The highest BCUT2D eigenvalue weighted by Gasteiger charge is 2.31. The summed E-state index contributed by atoms with van der Waals surface area (Å²) in [6, 6.07) is 4.51. The van der Waals surface area contributed by atoms with E-state index in [9.17, 15) is 4.79 Å². The average molecular weight is 411 g/mol. The van der Waals surface area contributed by atoms with Crippen LogP contribution in [-0.2, 0) is 24.9 Å². The molecular formula is C23H34N6O. The molecule has 1 amide bonds. The van der Waals surface area contributed by atoms with Crippen LogP contribution in [0.5, 0.6) is 0 Å². The van der Waals surface area contributed by atoms with Gasteiger partial charge >= 0.3 is 0 Å². The summed E-state index contributed by atoms with van der Waals surface area (Å²) < 4.78 is 1.91. The Morgan fingerprint density at radius 3 is 2.77 bits per heavy atom. The number of aryl methyl sites for hydroxylation is 2. The Morgan fingerprint density at radius 2 is 2.07 bits per heavy atom. The van der Waals surface area contributed by atoms with Crippen molar-refractivity contribution in [2.45, 2.75) is 51.7 Å². The first-order valence-electron chi connectivity index (χ1n) is 11.2. The van der Waals surface area contributed by atoms with Crippen LogP contribution in [0.4, 0.5) is 0 Å². The van der Waals surface area contributed by atoms with E-state index in [0.29, 0.717) is 12.6 Å². The van der Waals surface area contributed by atoms with Crippen LogP contribution in [0.1, 0.15) is 42.5 Å². The zero-order valence-electron chi connectivity index (χ0n) is 18.3. The predicted octanol–water partition coefficient (Wildman–Crippen LogP) is 2.12. The van der Waals surface area contributed by atoms with Gasteiger partial charge in [0.1, 0.15) is 0 Å². The summed E-state index contributed by atoms with van der Waals surface area (Å²) in [5, 5.41) is 7.58. The van der Waals surface area contributed by atoms with Gasteiger partial charge < -0.3 is 5.32 Å². The standard InChI is InChI=1S/C23H34N6O/c1-18-21(15-27(2)26-18)16-28-11-7-22(8-12-28)29-10-4-6-20(17-29)23(30)25-14-19-5-3-9-24-13-19/h3,5,9,13,15,20,22H,4,6-8,10-12,14,16-17H2,1-2H3,(H,25,30). The Balaban J connectivity index is 1.24. The van der Waals surface area contributed by atoms with Crippen LogP contribution in [-0.4, -0.2) is 62.7 Å². The molecule has 0 spiro atoms. The van der Waals surface area contributed by atoms with Crippen LogP contribution in [0.15, 0.2) is 30.7 Å². The lowest BCUT2D eigenvalue weighted by Crippen LogP contribution is -2.50. The maximum atomic E-state index is 12.7. The third kappa shape index (κ3) is 5.26. The van der Waals surface area contributed by atoms with E-state index in [1.54, 1.807) is 6.20 Å². The van der Waals surface area contributed by atoms with Crippen molar-refractivity contribution in [2.24, 2.45) is 13.0 Å². The van der Waals surface area contributed by atoms with E-state index in [4.69, 9.17) is 0 Å². The molecule has 2 aliphatic rings. The molecule has 4 heterocycles. The average Bonchev–Trinajstić information content (AvgIpc) is 3.10. The molecule has 2 aliphatic heterocycles. The number of hydrogen-bond acceptors (Lipinski definition) is 5. The minimum Gasteiger partial charge on any atom is -0.352 e. The topological polar surface area (TPSA) is 66.3 Å². The van der Waals surface area contributed by atoms with E-state index in [1.807, 2.05) is 30.1 Å². The number of pyridine rings is 1. The molecule has 4 rings (SSSR count). The van der Waals surface area contributed by atoms with Gasteiger partial charge in [0, 0.05) is 56.9 Å². The van der Waals surface area contributed by atoms with Crippen molar-refractivity contribution in [3.8, 4) is 0 Å². The fraction of sp³-hybridized carbons (Fsp3) is 0.609. The smallest absolute Gasteiger partial charge is 0.224 e. The van der Waals surface area contributed by atoms with Gasteiger partial charge in [-0.05, 0) is 63.9 Å². The maximum absolute atomic E-state index is 12.7. The Morgan fingerprint density at radius 1 is 1.23 bits per heavy atom. The number of likely N-dealkylation sites (tertiary alicyclic amines) is 2. The van der Waals surface area contributed by atoms with Crippen molar-refractivity contribution in [3.63, 3.8) is 0 Å². The number of amides is 1. The number of hydrogen-bond donors (Lipinski definition) is 1. The normalized spacial score (nSPS) is 21.6. The van der Waals surface area contributed by atoms with E-state index in [2.05, 4.69) is 38.3 Å². The van der Waals surface area contributed by atoms with Crippen LogP contribution in [0.25, 0.3) is 0 Å². The van der Waals surface area contributed by atoms with Gasteiger partial charge in [-0.25, -0.2) is 0 Å². The second-order valence-corrected chi connectivity index (χ2v) is 8.83. The summed E-state index contributed by atoms with van der Waals surface area (Å²) in [5.74, 6) is 0.291. The van der Waals surface area contributed by atoms with Gasteiger partial charge in [-0.3, -0.25) is 24.3 Å². The molecular weight excluding hydrogens is 376 g/mol. The first kappa shape index (κ1) is 21.0. The molecule has 0 aromatic carbocycles. The van der Waals surface area contributed by atoms with Crippen LogP contribution >= 0.6 is 0 Å². The van der Waals surface area contributed by atoms with Crippen molar-refractivity contribution in [1.82, 2.24) is 29.9 Å². The fourth-order valence-corrected chi connectivity index (χ4v) is 4.88. The molecule has 0 radical (unpaired) electrons. The predicted molar refractivity (Wildman–Crippen MR) is 117 cm³/mol. The first-order valence-corrected chi connectivity index (χ1v) is 11.2. The van der Waals surface area contributed by atoms with Crippen molar-refractivity contribution in [1.29, 1.82) is 0 Å². The molecule has 0 aliphatic carbocycles. The molecule has 2 saturated heterocycles. The van der Waals surface area contributed by atoms with Crippen molar-refractivity contribution in [3.05, 3.63) is 47.5 Å². The minimum absolute atomic E-state index is 0.103. The van der Waals surface area contributed by atoms with Crippen molar-refractivity contribution >= 4 is 5.91 Å². The highest BCUT2D eigenvalue weighted by Crippen LogP contribution is 2.25. The number of carbonyl (C=O) groups excluding carboxylic acids is 1. The number of nitrogens with one attached hydrogen (secondary N) is 1. The highest BCUT2D eigenvalue weighted by atomic mass is 16.1. The molecule has 2 fully saturated rings. The van der Waals surface area contributed by atoms with E-state index < -0.39 is 0 Å². The van der Waals surface area contributed by atoms with Crippen LogP contribution in [0.2, 0.25) is 0 Å². The molecule has 2 aromatic heterocycles. The summed E-state index contributed by atoms with van der Waals surface area (Å²) in [5.41, 5.74) is 3.52. The van der Waals surface area contributed by atoms with Gasteiger partial charge in [0.25, 0.3) is 0 Å². The molecule has 2 aromatic rings. The Bertz CT molecular complexity index is 827. The molecule has 0 saturated carbocycles. The summed E-state index contributed by atoms with van der Waals surface area (Å²) >= 11 is 0. The summed E-state index contributed by atoms with van der Waals surface area (Å²) in [4.78, 5) is 22.0. The molecule has 30 heavy (non-hydrogen) atoms. The number of carbonyl (C=O) groups is 1. The zero-order chi connectivity index (χ0) is 20.9. The summed E-state index contributed by atoms with van der Waals surface area (Å²) in [6.45, 7) is 7.90. The fourth-order valence-electron chi connectivity index (χ4n) is 4.88. The monoisotopic (exact) mass is 410 g/mol. The second kappa shape index (κ2) is 9.71. The van der Waals surface area contributed by atoms with Gasteiger partial charge in [0.2, 0.25) is 5.91 Å². The molecule has 162 valence electrons. The largest absolute Gasteiger partial charge is 0.352 e.